The first kappa shape index (κ1) is 15.5. The quantitative estimate of drug-likeness (QED) is 0.616. The third-order valence-corrected chi connectivity index (χ3v) is 6.66. The molecule has 0 spiro atoms. The second-order valence-corrected chi connectivity index (χ2v) is 7.94. The van der Waals surface area contributed by atoms with Crippen LogP contribution in [0.2, 0.25) is 0 Å². The number of allylic oxidation sites excluding steroid dienone is 3. The zero-order valence-electron chi connectivity index (χ0n) is 13.6. The molecule has 3 heteroatoms. The number of hydrogen-bond donors (Lipinski definition) is 1. The lowest BCUT2D eigenvalue weighted by Gasteiger charge is -2.58. The van der Waals surface area contributed by atoms with Crippen LogP contribution in [0.5, 0.6) is 0 Å². The molecule has 0 aromatic heterocycles. The fourth-order valence-corrected chi connectivity index (χ4v) is 5.66. The molecule has 1 unspecified atom stereocenters. The molecule has 3 aliphatic carbocycles. The summed E-state index contributed by atoms with van der Waals surface area (Å²) in [5, 5.41) is 8.96. The summed E-state index contributed by atoms with van der Waals surface area (Å²) in [6.07, 6.45) is 12.0. The van der Waals surface area contributed by atoms with Gasteiger partial charge >= 0.3 is 5.97 Å². The van der Waals surface area contributed by atoms with Crippen LogP contribution in [0, 0.1) is 22.7 Å². The molecule has 120 valence electrons. The normalized spacial score (nSPS) is 43.0. The molecule has 0 aromatic carbocycles. The minimum absolute atomic E-state index is 0.171. The summed E-state index contributed by atoms with van der Waals surface area (Å²) < 4.78 is 0. The molecule has 0 bridgehead atoms. The zero-order chi connectivity index (χ0) is 16.0. The summed E-state index contributed by atoms with van der Waals surface area (Å²) in [4.78, 5) is 22.6. The van der Waals surface area contributed by atoms with Gasteiger partial charge in [-0.2, -0.15) is 0 Å². The lowest BCUT2D eigenvalue weighted by molar-refractivity contribution is -0.132. The van der Waals surface area contributed by atoms with Crippen molar-refractivity contribution in [1.82, 2.24) is 0 Å². The average molecular weight is 302 g/mol. The Morgan fingerprint density at radius 1 is 1.27 bits per heavy atom. The van der Waals surface area contributed by atoms with Crippen molar-refractivity contribution in [2.45, 2.75) is 58.8 Å². The molecule has 2 fully saturated rings. The molecular weight excluding hydrogens is 276 g/mol. The Morgan fingerprint density at radius 2 is 2.05 bits per heavy atom. The third kappa shape index (κ3) is 2.35. The van der Waals surface area contributed by atoms with Crippen molar-refractivity contribution in [2.75, 3.05) is 0 Å². The maximum absolute atomic E-state index is 11.7. The van der Waals surface area contributed by atoms with E-state index in [0.29, 0.717) is 11.8 Å². The van der Waals surface area contributed by atoms with Crippen molar-refractivity contribution in [3.63, 3.8) is 0 Å². The molecule has 0 radical (unpaired) electrons. The van der Waals surface area contributed by atoms with Gasteiger partial charge in [-0.3, -0.25) is 0 Å². The van der Waals surface area contributed by atoms with Crippen LogP contribution in [0.25, 0.3) is 0 Å². The van der Waals surface area contributed by atoms with E-state index in [1.54, 1.807) is 0 Å². The van der Waals surface area contributed by atoms with E-state index in [4.69, 9.17) is 5.11 Å². The molecule has 3 nitrogen and oxygen atoms in total. The molecule has 0 aliphatic heterocycles. The summed E-state index contributed by atoms with van der Waals surface area (Å²) in [5.41, 5.74) is 2.41. The van der Waals surface area contributed by atoms with Crippen molar-refractivity contribution in [3.8, 4) is 0 Å². The molecular formula is C19H26O3. The van der Waals surface area contributed by atoms with Gasteiger partial charge in [-0.15, -0.1) is 0 Å². The van der Waals surface area contributed by atoms with Gasteiger partial charge in [0.25, 0.3) is 0 Å². The van der Waals surface area contributed by atoms with Crippen molar-refractivity contribution in [2.24, 2.45) is 22.7 Å². The first-order chi connectivity index (χ1) is 10.4. The van der Waals surface area contributed by atoms with Gasteiger partial charge in [0, 0.05) is 11.5 Å². The Bertz CT molecular complexity index is 559. The van der Waals surface area contributed by atoms with E-state index in [-0.39, 0.29) is 10.8 Å². The standard InChI is InChI=1S/C19H26O3/c1-18(12-20)8-3-9-19(2)15-6-4-13(11-17(21)22)10-14(15)5-7-16(18)19/h10-12,15-16H,3-9H2,1-2H3,(H,21,22)/t15-,16?,18+,19+/m0/s1. The Morgan fingerprint density at radius 3 is 2.73 bits per heavy atom. The van der Waals surface area contributed by atoms with Gasteiger partial charge in [0.2, 0.25) is 0 Å². The van der Waals surface area contributed by atoms with Crippen LogP contribution in [0.15, 0.2) is 23.3 Å². The van der Waals surface area contributed by atoms with Crippen LogP contribution in [0.1, 0.15) is 58.8 Å². The third-order valence-electron chi connectivity index (χ3n) is 6.66. The van der Waals surface area contributed by atoms with Gasteiger partial charge in [-0.05, 0) is 61.3 Å². The van der Waals surface area contributed by atoms with E-state index in [9.17, 15) is 9.59 Å². The molecule has 0 aromatic rings. The smallest absolute Gasteiger partial charge is 0.328 e. The van der Waals surface area contributed by atoms with E-state index in [2.05, 4.69) is 19.9 Å². The summed E-state index contributed by atoms with van der Waals surface area (Å²) >= 11 is 0. The largest absolute Gasteiger partial charge is 0.478 e. The molecule has 1 N–H and O–H groups in total. The number of rotatable bonds is 2. The highest BCUT2D eigenvalue weighted by Crippen LogP contribution is 2.62. The van der Waals surface area contributed by atoms with Crippen molar-refractivity contribution < 1.29 is 14.7 Å². The zero-order valence-corrected chi connectivity index (χ0v) is 13.6. The Labute approximate surface area is 132 Å². The molecule has 4 atom stereocenters. The maximum Gasteiger partial charge on any atom is 0.328 e. The van der Waals surface area contributed by atoms with Crippen LogP contribution >= 0.6 is 0 Å². The van der Waals surface area contributed by atoms with E-state index < -0.39 is 5.97 Å². The number of carbonyl (C=O) groups is 2. The SMILES string of the molecule is C[C@]1(C=O)CCC[C@@]2(C)C1CCC1=CC(=CC(=O)O)CC[C@@H]12. The Balaban J connectivity index is 1.94. The van der Waals surface area contributed by atoms with Gasteiger partial charge in [0.05, 0.1) is 0 Å². The minimum atomic E-state index is -0.851. The van der Waals surface area contributed by atoms with Crippen LogP contribution < -0.4 is 0 Å². The number of fused-ring (bicyclic) bond motifs is 3. The highest BCUT2D eigenvalue weighted by molar-refractivity contribution is 5.81. The molecule has 0 saturated heterocycles. The summed E-state index contributed by atoms with van der Waals surface area (Å²) in [6, 6.07) is 0. The number of carbonyl (C=O) groups excluding carboxylic acids is 1. The topological polar surface area (TPSA) is 54.4 Å². The van der Waals surface area contributed by atoms with E-state index in [1.165, 1.54) is 24.4 Å². The fourth-order valence-electron chi connectivity index (χ4n) is 5.66. The summed E-state index contributed by atoms with van der Waals surface area (Å²) in [5.74, 6) is 0.145. The second kappa shape index (κ2) is 5.36. The number of aldehydes is 1. The van der Waals surface area contributed by atoms with Crippen molar-refractivity contribution >= 4 is 12.3 Å². The highest BCUT2D eigenvalue weighted by Gasteiger charge is 2.55. The van der Waals surface area contributed by atoms with Gasteiger partial charge in [-0.25, -0.2) is 4.79 Å². The van der Waals surface area contributed by atoms with Gasteiger partial charge < -0.3 is 9.90 Å². The Kier molecular flexibility index (Phi) is 3.78. The predicted molar refractivity (Wildman–Crippen MR) is 85.4 cm³/mol. The lowest BCUT2D eigenvalue weighted by Crippen LogP contribution is -2.51. The molecule has 0 amide bonds. The number of aliphatic carboxylic acids is 1. The average Bonchev–Trinajstić information content (AvgIpc) is 2.46. The van der Waals surface area contributed by atoms with Crippen LogP contribution in [-0.4, -0.2) is 17.4 Å². The molecule has 3 rings (SSSR count). The minimum Gasteiger partial charge on any atom is -0.478 e. The summed E-state index contributed by atoms with van der Waals surface area (Å²) in [6.45, 7) is 4.53. The van der Waals surface area contributed by atoms with E-state index in [0.717, 1.165) is 44.1 Å². The first-order valence-corrected chi connectivity index (χ1v) is 8.49. The van der Waals surface area contributed by atoms with Gasteiger partial charge in [-0.1, -0.05) is 31.9 Å². The predicted octanol–water partition coefficient (Wildman–Crippen LogP) is 4.14. The molecule has 2 saturated carbocycles. The monoisotopic (exact) mass is 302 g/mol. The van der Waals surface area contributed by atoms with Crippen molar-refractivity contribution in [3.05, 3.63) is 23.3 Å². The highest BCUT2D eigenvalue weighted by atomic mass is 16.4. The maximum atomic E-state index is 11.7. The molecule has 3 aliphatic rings. The van der Waals surface area contributed by atoms with E-state index >= 15 is 0 Å². The molecule has 22 heavy (non-hydrogen) atoms. The van der Waals surface area contributed by atoms with Crippen LogP contribution in [-0.2, 0) is 9.59 Å². The van der Waals surface area contributed by atoms with Crippen molar-refractivity contribution in [1.29, 1.82) is 0 Å². The number of hydrogen-bond acceptors (Lipinski definition) is 2. The van der Waals surface area contributed by atoms with Gasteiger partial charge in [0.1, 0.15) is 6.29 Å². The lowest BCUT2D eigenvalue weighted by atomic mass is 9.46. The number of carboxylic acids is 1. The summed E-state index contributed by atoms with van der Waals surface area (Å²) in [7, 11) is 0. The first-order valence-electron chi connectivity index (χ1n) is 8.49. The number of carboxylic acid groups (broad SMARTS) is 1. The van der Waals surface area contributed by atoms with Crippen LogP contribution in [0.4, 0.5) is 0 Å². The van der Waals surface area contributed by atoms with Gasteiger partial charge in [0.15, 0.2) is 0 Å². The van der Waals surface area contributed by atoms with Crippen LogP contribution in [0.3, 0.4) is 0 Å². The van der Waals surface area contributed by atoms with E-state index in [1.807, 2.05) is 0 Å². The fraction of sp³-hybridized carbons (Fsp3) is 0.684. The second-order valence-electron chi connectivity index (χ2n) is 7.94. The Hall–Kier alpha value is -1.38. The molecule has 0 heterocycles.